The molecule has 0 unspecified atom stereocenters. The van der Waals surface area contributed by atoms with E-state index in [-0.39, 0.29) is 23.3 Å². The Morgan fingerprint density at radius 1 is 1.10 bits per heavy atom. The molecule has 3 rings (SSSR count). The number of carbonyl (C=O) groups is 1. The predicted octanol–water partition coefficient (Wildman–Crippen LogP) is 3.96. The largest absolute Gasteiger partial charge is 0.484 e. The second-order valence-electron chi connectivity index (χ2n) is 5.70. The fourth-order valence-electron chi connectivity index (χ4n) is 2.29. The molecule has 0 saturated heterocycles. The first kappa shape index (κ1) is 21.1. The van der Waals surface area contributed by atoms with Gasteiger partial charge in [-0.25, -0.2) is 9.97 Å². The van der Waals surface area contributed by atoms with E-state index in [2.05, 4.69) is 26.1 Å². The van der Waals surface area contributed by atoms with Crippen LogP contribution in [-0.4, -0.2) is 27.4 Å². The molecule has 1 aromatic heterocycles. The van der Waals surface area contributed by atoms with Crippen LogP contribution in [0.3, 0.4) is 0 Å². The summed E-state index contributed by atoms with van der Waals surface area (Å²) in [5, 5.41) is 15.0. The van der Waals surface area contributed by atoms with Crippen molar-refractivity contribution in [3.63, 3.8) is 0 Å². The Hall–Kier alpha value is -3.63. The Morgan fingerprint density at radius 3 is 2.57 bits per heavy atom. The van der Waals surface area contributed by atoms with Crippen LogP contribution in [0.5, 0.6) is 5.75 Å². The molecular weight excluding hydrogens is 435 g/mol. The normalized spacial score (nSPS) is 10.2. The Bertz CT molecular complexity index is 1070. The van der Waals surface area contributed by atoms with Gasteiger partial charge in [-0.1, -0.05) is 41.4 Å². The number of carbonyl (C=O) groups excluding carboxylic acids is 1. The second-order valence-corrected chi connectivity index (χ2v) is 6.54. The number of amides is 1. The Kier molecular flexibility index (Phi) is 6.83. The van der Waals surface area contributed by atoms with Gasteiger partial charge in [0.05, 0.1) is 15.6 Å². The van der Waals surface area contributed by atoms with Crippen molar-refractivity contribution in [3.05, 3.63) is 75.0 Å². The summed E-state index contributed by atoms with van der Waals surface area (Å²) in [4.78, 5) is 30.6. The summed E-state index contributed by atoms with van der Waals surface area (Å²) in [6.45, 7) is -0.306. The highest BCUT2D eigenvalue weighted by Gasteiger charge is 2.24. The van der Waals surface area contributed by atoms with Crippen molar-refractivity contribution in [2.75, 3.05) is 17.3 Å². The number of hydrogen-bond acceptors (Lipinski definition) is 8. The van der Waals surface area contributed by atoms with E-state index >= 15 is 0 Å². The van der Waals surface area contributed by atoms with Gasteiger partial charge in [0.15, 0.2) is 6.61 Å². The van der Waals surface area contributed by atoms with Gasteiger partial charge in [0, 0.05) is 5.02 Å². The zero-order valence-corrected chi connectivity index (χ0v) is 16.6. The van der Waals surface area contributed by atoms with Crippen LogP contribution in [0.2, 0.25) is 10.0 Å². The number of nitrogens with zero attached hydrogens (tertiary/aromatic N) is 3. The number of aromatic nitrogens is 2. The van der Waals surface area contributed by atoms with Crippen LogP contribution < -0.4 is 20.9 Å². The molecule has 0 saturated carbocycles. The standard InChI is InChI=1S/C18H14Cl2N6O4/c19-11-6-7-13(20)14(8-11)23-17-16(26(28)29)18(22-10-21-17)25-24-15(27)9-30-12-4-2-1-3-5-12/h1-8,10H,9H2,(H,24,27)(H2,21,22,23,25). The molecular formula is C18H14Cl2N6O4. The van der Waals surface area contributed by atoms with E-state index in [1.165, 1.54) is 12.1 Å². The number of hydrazine groups is 1. The first-order valence-electron chi connectivity index (χ1n) is 8.38. The molecule has 3 N–H and O–H groups in total. The third kappa shape index (κ3) is 5.46. The fraction of sp³-hybridized carbons (Fsp3) is 0.0556. The predicted molar refractivity (Wildman–Crippen MR) is 112 cm³/mol. The molecule has 0 bridgehead atoms. The molecule has 0 radical (unpaired) electrons. The smallest absolute Gasteiger partial charge is 0.355 e. The quantitative estimate of drug-likeness (QED) is 0.348. The second kappa shape index (κ2) is 9.72. The van der Waals surface area contributed by atoms with Gasteiger partial charge in [-0.05, 0) is 30.3 Å². The van der Waals surface area contributed by atoms with Gasteiger partial charge in [0.2, 0.25) is 11.6 Å². The van der Waals surface area contributed by atoms with E-state index in [0.29, 0.717) is 16.5 Å². The molecule has 1 heterocycles. The molecule has 0 atom stereocenters. The average Bonchev–Trinajstić information content (AvgIpc) is 2.74. The van der Waals surface area contributed by atoms with Crippen LogP contribution in [-0.2, 0) is 4.79 Å². The molecule has 0 fully saturated rings. The van der Waals surface area contributed by atoms with Gasteiger partial charge in [0.25, 0.3) is 5.91 Å². The molecule has 0 aliphatic rings. The zero-order valence-electron chi connectivity index (χ0n) is 15.1. The summed E-state index contributed by atoms with van der Waals surface area (Å²) in [6, 6.07) is 13.3. The monoisotopic (exact) mass is 448 g/mol. The number of benzene rings is 2. The number of nitro groups is 1. The zero-order chi connectivity index (χ0) is 21.5. The summed E-state index contributed by atoms with van der Waals surface area (Å²) in [7, 11) is 0. The van der Waals surface area contributed by atoms with Crippen molar-refractivity contribution < 1.29 is 14.5 Å². The van der Waals surface area contributed by atoms with Gasteiger partial charge in [-0.3, -0.25) is 25.8 Å². The maximum absolute atomic E-state index is 12.0. The summed E-state index contributed by atoms with van der Waals surface area (Å²) >= 11 is 12.0. The lowest BCUT2D eigenvalue weighted by atomic mass is 10.3. The minimum absolute atomic E-state index is 0.142. The van der Waals surface area contributed by atoms with Gasteiger partial charge < -0.3 is 10.1 Å². The van der Waals surface area contributed by atoms with E-state index in [1.54, 1.807) is 30.3 Å². The molecule has 10 nitrogen and oxygen atoms in total. The maximum Gasteiger partial charge on any atom is 0.355 e. The lowest BCUT2D eigenvalue weighted by Crippen LogP contribution is -2.34. The van der Waals surface area contributed by atoms with Gasteiger partial charge in [-0.15, -0.1) is 0 Å². The lowest BCUT2D eigenvalue weighted by molar-refractivity contribution is -0.383. The number of halogens is 2. The number of nitrogens with one attached hydrogen (secondary N) is 3. The maximum atomic E-state index is 12.0. The minimum atomic E-state index is -0.699. The van der Waals surface area contributed by atoms with Crippen LogP contribution in [0, 0.1) is 10.1 Å². The van der Waals surface area contributed by atoms with Crippen LogP contribution in [0.25, 0.3) is 0 Å². The number of para-hydroxylation sites is 1. The van der Waals surface area contributed by atoms with E-state index in [9.17, 15) is 14.9 Å². The van der Waals surface area contributed by atoms with Crippen molar-refractivity contribution >= 4 is 52.1 Å². The van der Waals surface area contributed by atoms with Crippen molar-refractivity contribution in [2.24, 2.45) is 0 Å². The molecule has 0 spiro atoms. The van der Waals surface area contributed by atoms with Gasteiger partial charge in [0.1, 0.15) is 12.1 Å². The molecule has 154 valence electrons. The Morgan fingerprint density at radius 2 is 1.83 bits per heavy atom. The number of hydrogen-bond donors (Lipinski definition) is 3. The fourth-order valence-corrected chi connectivity index (χ4v) is 2.62. The SMILES string of the molecule is O=C(COc1ccccc1)NNc1ncnc(Nc2cc(Cl)ccc2Cl)c1[N+](=O)[O-]. The third-order valence-corrected chi connectivity index (χ3v) is 4.18. The van der Waals surface area contributed by atoms with Crippen LogP contribution >= 0.6 is 23.2 Å². The topological polar surface area (TPSA) is 131 Å². The van der Waals surface area contributed by atoms with Crippen molar-refractivity contribution in [2.45, 2.75) is 0 Å². The molecule has 1 amide bonds. The van der Waals surface area contributed by atoms with E-state index in [4.69, 9.17) is 27.9 Å². The van der Waals surface area contributed by atoms with Crippen LogP contribution in [0.15, 0.2) is 54.9 Å². The van der Waals surface area contributed by atoms with E-state index in [0.717, 1.165) is 6.33 Å². The van der Waals surface area contributed by atoms with Gasteiger partial charge >= 0.3 is 5.69 Å². The number of ether oxygens (including phenoxy) is 1. The van der Waals surface area contributed by atoms with E-state index < -0.39 is 16.5 Å². The summed E-state index contributed by atoms with van der Waals surface area (Å²) in [5.41, 5.74) is 4.52. The molecule has 0 aliphatic carbocycles. The molecule has 2 aromatic carbocycles. The molecule has 3 aromatic rings. The Labute approximate surface area is 180 Å². The van der Waals surface area contributed by atoms with E-state index in [1.807, 2.05) is 6.07 Å². The lowest BCUT2D eigenvalue weighted by Gasteiger charge is -2.12. The van der Waals surface area contributed by atoms with Crippen LogP contribution in [0.4, 0.5) is 23.0 Å². The first-order valence-corrected chi connectivity index (χ1v) is 9.14. The highest BCUT2D eigenvalue weighted by Crippen LogP contribution is 2.34. The minimum Gasteiger partial charge on any atom is -0.484 e. The summed E-state index contributed by atoms with van der Waals surface area (Å²) in [6.07, 6.45) is 1.09. The first-order chi connectivity index (χ1) is 14.4. The highest BCUT2D eigenvalue weighted by atomic mass is 35.5. The third-order valence-electron chi connectivity index (χ3n) is 3.62. The molecule has 30 heavy (non-hydrogen) atoms. The highest BCUT2D eigenvalue weighted by molar-refractivity contribution is 6.35. The number of anilines is 3. The Balaban J connectivity index is 1.72. The van der Waals surface area contributed by atoms with Gasteiger partial charge in [-0.2, -0.15) is 0 Å². The van der Waals surface area contributed by atoms with Crippen LogP contribution in [0.1, 0.15) is 0 Å². The summed E-state index contributed by atoms with van der Waals surface area (Å²) < 4.78 is 5.30. The van der Waals surface area contributed by atoms with Crippen molar-refractivity contribution in [1.82, 2.24) is 15.4 Å². The molecule has 0 aliphatic heterocycles. The number of rotatable bonds is 8. The average molecular weight is 449 g/mol. The molecule has 12 heteroatoms. The van der Waals surface area contributed by atoms with Crippen molar-refractivity contribution in [1.29, 1.82) is 0 Å². The van der Waals surface area contributed by atoms with Crippen molar-refractivity contribution in [3.8, 4) is 5.75 Å². The summed E-state index contributed by atoms with van der Waals surface area (Å²) in [5.74, 6) is -0.440.